The highest BCUT2D eigenvalue weighted by molar-refractivity contribution is 6.69. The fourth-order valence-corrected chi connectivity index (χ4v) is 5.14. The molecule has 1 aliphatic carbocycles. The van der Waals surface area contributed by atoms with E-state index < -0.39 is 8.80 Å². The molecule has 3 nitrogen and oxygen atoms in total. The first-order valence-corrected chi connectivity index (χ1v) is 8.31. The van der Waals surface area contributed by atoms with Crippen LogP contribution in [0.25, 0.3) is 0 Å². The van der Waals surface area contributed by atoms with Crippen molar-refractivity contribution >= 4 is 8.80 Å². The van der Waals surface area contributed by atoms with Crippen LogP contribution in [0.3, 0.4) is 0 Å². The lowest BCUT2D eigenvalue weighted by molar-refractivity contribution is 0.00948. The Balaban J connectivity index is 2.91. The molecule has 0 atom stereocenters. The second kappa shape index (κ2) is 6.14. The topological polar surface area (TPSA) is 27.7 Å². The molecule has 0 saturated heterocycles. The van der Waals surface area contributed by atoms with Crippen LogP contribution in [0.4, 0.5) is 0 Å². The molecule has 17 heavy (non-hydrogen) atoms. The van der Waals surface area contributed by atoms with E-state index in [2.05, 4.69) is 6.08 Å². The molecule has 0 fully saturated rings. The number of rotatable bonds is 7. The molecule has 0 aromatic carbocycles. The van der Waals surface area contributed by atoms with E-state index in [0.717, 1.165) is 12.8 Å². The van der Waals surface area contributed by atoms with Gasteiger partial charge < -0.3 is 13.3 Å². The highest BCUT2D eigenvalue weighted by Gasteiger charge is 2.49. The van der Waals surface area contributed by atoms with Crippen LogP contribution >= 0.6 is 0 Å². The summed E-state index contributed by atoms with van der Waals surface area (Å²) in [6, 6.07) is 0. The maximum Gasteiger partial charge on any atom is 0.533 e. The Kier molecular flexibility index (Phi) is 5.38. The largest absolute Gasteiger partial charge is 0.533 e. The molecular formula is C13H26O3Si. The van der Waals surface area contributed by atoms with E-state index in [1.165, 1.54) is 5.20 Å². The van der Waals surface area contributed by atoms with Gasteiger partial charge in [-0.05, 0) is 59.6 Å². The number of hydrogen-bond acceptors (Lipinski definition) is 3. The number of hydrogen-bond donors (Lipinski definition) is 0. The van der Waals surface area contributed by atoms with Crippen molar-refractivity contribution in [1.29, 1.82) is 0 Å². The molecule has 0 aromatic heterocycles. The van der Waals surface area contributed by atoms with Crippen LogP contribution in [-0.2, 0) is 13.3 Å². The van der Waals surface area contributed by atoms with Crippen molar-refractivity contribution < 1.29 is 13.3 Å². The molecule has 0 N–H and O–H groups in total. The summed E-state index contributed by atoms with van der Waals surface area (Å²) in [6.45, 7) is 12.2. The minimum Gasteiger partial charge on any atom is -0.368 e. The Morgan fingerprint density at radius 1 is 0.882 bits per heavy atom. The van der Waals surface area contributed by atoms with Crippen molar-refractivity contribution in [1.82, 2.24) is 0 Å². The molecule has 0 amide bonds. The standard InChI is InChI=1S/C13H26O3Si/c1-10(2)14-17(15-11(3)4,16-12(5)6)13-8-7-9-13/h8,10-12H,7,9H2,1-6H3. The molecule has 0 unspecified atom stereocenters. The lowest BCUT2D eigenvalue weighted by Crippen LogP contribution is -2.53. The molecule has 4 heteroatoms. The summed E-state index contributed by atoms with van der Waals surface area (Å²) < 4.78 is 18.3. The van der Waals surface area contributed by atoms with Gasteiger partial charge in [-0.1, -0.05) is 6.08 Å². The first-order chi connectivity index (χ1) is 7.85. The summed E-state index contributed by atoms with van der Waals surface area (Å²) in [5, 5.41) is 1.26. The van der Waals surface area contributed by atoms with E-state index in [0.29, 0.717) is 0 Å². The highest BCUT2D eigenvalue weighted by Crippen LogP contribution is 2.33. The zero-order chi connectivity index (χ0) is 13.1. The maximum atomic E-state index is 6.09. The van der Waals surface area contributed by atoms with Crippen LogP contribution in [0.2, 0.25) is 0 Å². The van der Waals surface area contributed by atoms with Gasteiger partial charge in [-0.3, -0.25) is 0 Å². The van der Waals surface area contributed by atoms with E-state index in [1.807, 2.05) is 41.5 Å². The average molecular weight is 258 g/mol. The molecule has 0 aromatic rings. The van der Waals surface area contributed by atoms with Crippen molar-refractivity contribution in [2.45, 2.75) is 72.7 Å². The molecular weight excluding hydrogens is 232 g/mol. The van der Waals surface area contributed by atoms with Crippen molar-refractivity contribution in [2.75, 3.05) is 0 Å². The van der Waals surface area contributed by atoms with Gasteiger partial charge in [0.05, 0.1) is 0 Å². The van der Waals surface area contributed by atoms with Gasteiger partial charge in [0.2, 0.25) is 0 Å². The zero-order valence-electron chi connectivity index (χ0n) is 11.9. The molecule has 0 saturated carbocycles. The minimum atomic E-state index is -2.64. The minimum absolute atomic E-state index is 0.126. The zero-order valence-corrected chi connectivity index (χ0v) is 12.9. The Bertz CT molecular complexity index is 245. The smallest absolute Gasteiger partial charge is 0.368 e. The molecule has 0 radical (unpaired) electrons. The SMILES string of the molecule is CC(C)O[Si](OC(C)C)(OC(C)C)C1=CCC1. The predicted molar refractivity (Wildman–Crippen MR) is 71.7 cm³/mol. The van der Waals surface area contributed by atoms with Gasteiger partial charge in [-0.25, -0.2) is 0 Å². The van der Waals surface area contributed by atoms with Gasteiger partial charge in [0, 0.05) is 18.3 Å². The van der Waals surface area contributed by atoms with Crippen LogP contribution in [0.1, 0.15) is 54.4 Å². The molecule has 0 bridgehead atoms. The first kappa shape index (κ1) is 14.9. The van der Waals surface area contributed by atoms with E-state index >= 15 is 0 Å². The van der Waals surface area contributed by atoms with Gasteiger partial charge in [0.1, 0.15) is 0 Å². The van der Waals surface area contributed by atoms with E-state index in [-0.39, 0.29) is 18.3 Å². The lowest BCUT2D eigenvalue weighted by Gasteiger charge is -2.38. The third kappa shape index (κ3) is 4.21. The quantitative estimate of drug-likeness (QED) is 0.655. The van der Waals surface area contributed by atoms with Gasteiger partial charge >= 0.3 is 8.80 Å². The van der Waals surface area contributed by atoms with Crippen LogP contribution in [-0.4, -0.2) is 27.1 Å². The summed E-state index contributed by atoms with van der Waals surface area (Å²) in [4.78, 5) is 0. The Hall–Kier alpha value is -0.163. The Labute approximate surface area is 107 Å². The highest BCUT2D eigenvalue weighted by atomic mass is 28.4. The fraction of sp³-hybridized carbons (Fsp3) is 0.846. The normalized spacial score (nSPS) is 16.6. The summed E-state index contributed by atoms with van der Waals surface area (Å²) >= 11 is 0. The number of allylic oxidation sites excluding steroid dienone is 2. The van der Waals surface area contributed by atoms with E-state index in [1.54, 1.807) is 0 Å². The van der Waals surface area contributed by atoms with Gasteiger partial charge in [-0.2, -0.15) is 0 Å². The molecule has 1 rings (SSSR count). The first-order valence-electron chi connectivity index (χ1n) is 6.58. The van der Waals surface area contributed by atoms with Crippen LogP contribution in [0, 0.1) is 0 Å². The van der Waals surface area contributed by atoms with E-state index in [9.17, 15) is 0 Å². The van der Waals surface area contributed by atoms with Crippen molar-refractivity contribution in [3.8, 4) is 0 Å². The van der Waals surface area contributed by atoms with Crippen molar-refractivity contribution in [2.24, 2.45) is 0 Å². The third-order valence-electron chi connectivity index (χ3n) is 2.37. The van der Waals surface area contributed by atoms with Crippen molar-refractivity contribution in [3.63, 3.8) is 0 Å². The molecule has 0 heterocycles. The lowest BCUT2D eigenvalue weighted by atomic mass is 10.1. The Morgan fingerprint density at radius 3 is 1.41 bits per heavy atom. The second-order valence-corrected chi connectivity index (χ2v) is 7.79. The summed E-state index contributed by atoms with van der Waals surface area (Å²) in [5.41, 5.74) is 0. The van der Waals surface area contributed by atoms with E-state index in [4.69, 9.17) is 13.3 Å². The van der Waals surface area contributed by atoms with Crippen molar-refractivity contribution in [3.05, 3.63) is 11.3 Å². The summed E-state index contributed by atoms with van der Waals surface area (Å²) in [5.74, 6) is 0. The van der Waals surface area contributed by atoms with Gasteiger partial charge in [0.25, 0.3) is 0 Å². The second-order valence-electron chi connectivity index (χ2n) is 5.32. The van der Waals surface area contributed by atoms with Crippen LogP contribution in [0.15, 0.2) is 11.3 Å². The molecule has 0 aliphatic heterocycles. The Morgan fingerprint density at radius 2 is 1.24 bits per heavy atom. The molecule has 0 spiro atoms. The monoisotopic (exact) mass is 258 g/mol. The molecule has 100 valence electrons. The molecule has 1 aliphatic rings. The van der Waals surface area contributed by atoms with Gasteiger partial charge in [0.15, 0.2) is 0 Å². The van der Waals surface area contributed by atoms with Crippen LogP contribution < -0.4 is 0 Å². The predicted octanol–water partition coefficient (Wildman–Crippen LogP) is 3.46. The van der Waals surface area contributed by atoms with Crippen LogP contribution in [0.5, 0.6) is 0 Å². The average Bonchev–Trinajstić information content (AvgIpc) is 1.93. The maximum absolute atomic E-state index is 6.09. The van der Waals surface area contributed by atoms with Gasteiger partial charge in [-0.15, -0.1) is 0 Å². The fourth-order valence-electron chi connectivity index (χ4n) is 1.81. The third-order valence-corrected chi connectivity index (χ3v) is 5.96. The summed E-state index contributed by atoms with van der Waals surface area (Å²) in [6.07, 6.45) is 4.76. The summed E-state index contributed by atoms with van der Waals surface area (Å²) in [7, 11) is -2.64.